The Kier molecular flexibility index (Phi) is 2.81. The highest BCUT2D eigenvalue weighted by Crippen LogP contribution is 2.44. The molecule has 0 fully saturated rings. The monoisotopic (exact) mass is 337 g/mol. The van der Waals surface area contributed by atoms with Crippen LogP contribution in [0.5, 0.6) is 5.75 Å². The molecule has 6 heteroatoms. The van der Waals surface area contributed by atoms with E-state index in [2.05, 4.69) is 21.2 Å². The number of carbonyl (C=O) groups excluding carboxylic acids is 1. The Bertz CT molecular complexity index is 734. The molecule has 20 heavy (non-hydrogen) atoms. The molecule has 0 aliphatic carbocycles. The molecule has 3 rings (SSSR count). The van der Waals surface area contributed by atoms with Gasteiger partial charge in [0.25, 0.3) is 5.91 Å². The predicted octanol–water partition coefficient (Wildman–Crippen LogP) is 2.48. The fourth-order valence-electron chi connectivity index (χ4n) is 2.33. The second-order valence-electron chi connectivity index (χ2n) is 4.52. The third-order valence-electron chi connectivity index (χ3n) is 3.30. The summed E-state index contributed by atoms with van der Waals surface area (Å²) in [6.45, 7) is 0. The number of anilines is 1. The first kappa shape index (κ1) is 13.1. The number of phenolic OH excluding ortho intramolecular Hbond substituents is 1. The van der Waals surface area contributed by atoms with E-state index < -0.39 is 17.3 Å². The van der Waals surface area contributed by atoms with E-state index in [0.717, 1.165) is 6.07 Å². The van der Waals surface area contributed by atoms with Crippen molar-refractivity contribution in [1.82, 2.24) is 0 Å². The molecule has 1 aliphatic heterocycles. The van der Waals surface area contributed by atoms with Gasteiger partial charge in [0.2, 0.25) is 0 Å². The highest BCUT2D eigenvalue weighted by molar-refractivity contribution is 9.10. The van der Waals surface area contributed by atoms with Gasteiger partial charge in [-0.1, -0.05) is 15.9 Å². The van der Waals surface area contributed by atoms with Gasteiger partial charge >= 0.3 is 0 Å². The number of hydrogen-bond acceptors (Lipinski definition) is 3. The number of aromatic hydroxyl groups is 1. The van der Waals surface area contributed by atoms with Crippen LogP contribution in [0.25, 0.3) is 0 Å². The van der Waals surface area contributed by atoms with Crippen molar-refractivity contribution in [2.75, 3.05) is 5.32 Å². The van der Waals surface area contributed by atoms with Gasteiger partial charge in [0.1, 0.15) is 11.6 Å². The standard InChI is InChI=1S/C14H9BrFNO3/c15-7-1-4-12(18)10(5-7)14(20)9-6-8(16)2-3-11(9)17-13(14)19/h1-6,18,20H,(H,17,19)/t14-/m1/s1. The molecular formula is C14H9BrFNO3. The van der Waals surface area contributed by atoms with Crippen LogP contribution in [-0.2, 0) is 10.4 Å². The molecule has 0 spiro atoms. The summed E-state index contributed by atoms with van der Waals surface area (Å²) in [5.74, 6) is -1.55. The maximum absolute atomic E-state index is 13.4. The van der Waals surface area contributed by atoms with Crippen LogP contribution in [0.15, 0.2) is 40.9 Å². The molecule has 0 aromatic heterocycles. The molecule has 102 valence electrons. The second kappa shape index (κ2) is 4.29. The number of nitrogens with one attached hydrogen (secondary N) is 1. The van der Waals surface area contributed by atoms with E-state index in [1.165, 1.54) is 24.3 Å². The van der Waals surface area contributed by atoms with Crippen molar-refractivity contribution in [3.8, 4) is 5.75 Å². The molecule has 3 N–H and O–H groups in total. The highest BCUT2D eigenvalue weighted by Gasteiger charge is 2.48. The number of carbonyl (C=O) groups is 1. The number of benzene rings is 2. The van der Waals surface area contributed by atoms with Gasteiger partial charge in [-0.25, -0.2) is 4.39 Å². The zero-order valence-electron chi connectivity index (χ0n) is 10.0. The summed E-state index contributed by atoms with van der Waals surface area (Å²) < 4.78 is 14.0. The molecular weight excluding hydrogens is 329 g/mol. The van der Waals surface area contributed by atoms with E-state index in [1.54, 1.807) is 6.07 Å². The lowest BCUT2D eigenvalue weighted by Crippen LogP contribution is -2.35. The molecule has 1 heterocycles. The number of rotatable bonds is 1. The summed E-state index contributed by atoms with van der Waals surface area (Å²) in [5.41, 5.74) is -1.73. The molecule has 2 aromatic carbocycles. The zero-order chi connectivity index (χ0) is 14.5. The van der Waals surface area contributed by atoms with Crippen LogP contribution >= 0.6 is 15.9 Å². The van der Waals surface area contributed by atoms with Gasteiger partial charge < -0.3 is 15.5 Å². The number of aliphatic hydroxyl groups is 1. The maximum atomic E-state index is 13.4. The van der Waals surface area contributed by atoms with E-state index in [0.29, 0.717) is 10.2 Å². The van der Waals surface area contributed by atoms with Crippen molar-refractivity contribution in [2.24, 2.45) is 0 Å². The number of fused-ring (bicyclic) bond motifs is 1. The Hall–Kier alpha value is -1.92. The first-order chi connectivity index (χ1) is 9.42. The van der Waals surface area contributed by atoms with Crippen LogP contribution in [0.3, 0.4) is 0 Å². The van der Waals surface area contributed by atoms with Gasteiger partial charge in [-0.2, -0.15) is 0 Å². The predicted molar refractivity (Wildman–Crippen MR) is 73.8 cm³/mol. The van der Waals surface area contributed by atoms with E-state index in [-0.39, 0.29) is 16.9 Å². The van der Waals surface area contributed by atoms with E-state index >= 15 is 0 Å². The molecule has 4 nitrogen and oxygen atoms in total. The van der Waals surface area contributed by atoms with Crippen LogP contribution in [0.1, 0.15) is 11.1 Å². The minimum absolute atomic E-state index is 0.00581. The SMILES string of the molecule is O=C1Nc2ccc(F)cc2[C@@]1(O)c1cc(Br)ccc1O. The minimum atomic E-state index is -2.12. The van der Waals surface area contributed by atoms with Crippen molar-refractivity contribution in [1.29, 1.82) is 0 Å². The van der Waals surface area contributed by atoms with Gasteiger partial charge in [0.05, 0.1) is 0 Å². The molecule has 0 saturated carbocycles. The Balaban J connectivity index is 2.29. The van der Waals surface area contributed by atoms with Gasteiger partial charge in [-0.05, 0) is 36.4 Å². The van der Waals surface area contributed by atoms with Crippen molar-refractivity contribution in [2.45, 2.75) is 5.60 Å². The summed E-state index contributed by atoms with van der Waals surface area (Å²) in [6.07, 6.45) is 0. The van der Waals surface area contributed by atoms with Crippen molar-refractivity contribution < 1.29 is 19.4 Å². The van der Waals surface area contributed by atoms with Gasteiger partial charge in [-0.3, -0.25) is 4.79 Å². The normalized spacial score (nSPS) is 20.6. The minimum Gasteiger partial charge on any atom is -0.508 e. The van der Waals surface area contributed by atoms with Crippen LogP contribution in [0.4, 0.5) is 10.1 Å². The Labute approximate surface area is 122 Å². The van der Waals surface area contributed by atoms with E-state index in [9.17, 15) is 19.4 Å². The van der Waals surface area contributed by atoms with Crippen LogP contribution in [-0.4, -0.2) is 16.1 Å². The average molecular weight is 338 g/mol. The van der Waals surface area contributed by atoms with Gasteiger partial charge in [0.15, 0.2) is 5.60 Å². The molecule has 1 amide bonds. The van der Waals surface area contributed by atoms with Crippen LogP contribution < -0.4 is 5.32 Å². The summed E-state index contributed by atoms with van der Waals surface area (Å²) in [6, 6.07) is 7.98. The number of amides is 1. The first-order valence-corrected chi connectivity index (χ1v) is 6.55. The van der Waals surface area contributed by atoms with E-state index in [4.69, 9.17) is 0 Å². The van der Waals surface area contributed by atoms with Gasteiger partial charge in [0, 0.05) is 21.3 Å². The van der Waals surface area contributed by atoms with Crippen LogP contribution in [0, 0.1) is 5.82 Å². The average Bonchev–Trinajstić information content (AvgIpc) is 2.66. The third kappa shape index (κ3) is 1.72. The molecule has 1 aliphatic rings. The molecule has 0 bridgehead atoms. The summed E-state index contributed by atoms with van der Waals surface area (Å²) in [4.78, 5) is 12.1. The third-order valence-corrected chi connectivity index (χ3v) is 3.79. The topological polar surface area (TPSA) is 69.6 Å². The van der Waals surface area contributed by atoms with Crippen molar-refractivity contribution in [3.63, 3.8) is 0 Å². The fourth-order valence-corrected chi connectivity index (χ4v) is 2.69. The van der Waals surface area contributed by atoms with Crippen molar-refractivity contribution >= 4 is 27.5 Å². The lowest BCUT2D eigenvalue weighted by Gasteiger charge is -2.22. The smallest absolute Gasteiger partial charge is 0.266 e. The highest BCUT2D eigenvalue weighted by atomic mass is 79.9. The molecule has 1 atom stereocenters. The van der Waals surface area contributed by atoms with Gasteiger partial charge in [-0.15, -0.1) is 0 Å². The Morgan fingerprint density at radius 3 is 2.65 bits per heavy atom. The van der Waals surface area contributed by atoms with E-state index in [1.807, 2.05) is 0 Å². The zero-order valence-corrected chi connectivity index (χ0v) is 11.6. The lowest BCUT2D eigenvalue weighted by molar-refractivity contribution is -0.129. The van der Waals surface area contributed by atoms with Crippen LogP contribution in [0.2, 0.25) is 0 Å². The first-order valence-electron chi connectivity index (χ1n) is 5.76. The largest absolute Gasteiger partial charge is 0.508 e. The molecule has 0 saturated heterocycles. The molecule has 0 unspecified atom stereocenters. The molecule has 2 aromatic rings. The Morgan fingerprint density at radius 1 is 1.15 bits per heavy atom. The van der Waals surface area contributed by atoms with Crippen molar-refractivity contribution in [3.05, 3.63) is 57.8 Å². The number of phenols is 1. The Morgan fingerprint density at radius 2 is 1.90 bits per heavy atom. The molecule has 0 radical (unpaired) electrons. The lowest BCUT2D eigenvalue weighted by atomic mass is 9.87. The maximum Gasteiger partial charge on any atom is 0.266 e. The fraction of sp³-hybridized carbons (Fsp3) is 0.0714. The quantitative estimate of drug-likeness (QED) is 0.748. The second-order valence-corrected chi connectivity index (χ2v) is 5.43. The number of halogens is 2. The summed E-state index contributed by atoms with van der Waals surface area (Å²) in [5, 5.41) is 23.2. The number of hydrogen-bond donors (Lipinski definition) is 3. The summed E-state index contributed by atoms with van der Waals surface area (Å²) in [7, 11) is 0. The summed E-state index contributed by atoms with van der Waals surface area (Å²) >= 11 is 3.21.